The monoisotopic (exact) mass is 188 g/mol. The quantitative estimate of drug-likeness (QED) is 0.445. The highest BCUT2D eigenvalue weighted by Crippen LogP contribution is 2.06. The van der Waals surface area contributed by atoms with Crippen LogP contribution in [0, 0.1) is 0 Å². The van der Waals surface area contributed by atoms with Crippen LogP contribution in [0.5, 0.6) is 0 Å². The minimum absolute atomic E-state index is 0.0457. The molecule has 1 unspecified atom stereocenters. The number of esters is 1. The average Bonchev–Trinajstić information content (AvgIpc) is 2.47. The van der Waals surface area contributed by atoms with Gasteiger partial charge in [-0.1, -0.05) is 0 Å². The lowest BCUT2D eigenvalue weighted by atomic mass is 10.4. The molecule has 0 aromatic rings. The van der Waals surface area contributed by atoms with Crippen LogP contribution in [0.4, 0.5) is 4.79 Å². The van der Waals surface area contributed by atoms with Crippen molar-refractivity contribution < 1.29 is 28.6 Å². The van der Waals surface area contributed by atoms with E-state index < -0.39 is 24.0 Å². The summed E-state index contributed by atoms with van der Waals surface area (Å²) < 4.78 is 13.5. The number of carbonyl (C=O) groups is 3. The van der Waals surface area contributed by atoms with Gasteiger partial charge in [0.15, 0.2) is 6.10 Å². The van der Waals surface area contributed by atoms with Crippen LogP contribution in [-0.2, 0) is 23.8 Å². The van der Waals surface area contributed by atoms with Crippen molar-refractivity contribution in [1.29, 1.82) is 0 Å². The van der Waals surface area contributed by atoms with Gasteiger partial charge in [-0.05, 0) is 0 Å². The van der Waals surface area contributed by atoms with E-state index in [0.717, 1.165) is 6.92 Å². The first-order chi connectivity index (χ1) is 6.09. The SMILES string of the molecule is CC(=O)C(=O)OCC1COC(=O)O1. The minimum Gasteiger partial charge on any atom is -0.456 e. The molecule has 1 aliphatic heterocycles. The fraction of sp³-hybridized carbons (Fsp3) is 0.571. The number of carbonyl (C=O) groups excluding carboxylic acids is 3. The highest BCUT2D eigenvalue weighted by molar-refractivity contribution is 6.32. The predicted octanol–water partition coefficient (Wildman–Crippen LogP) is -0.346. The van der Waals surface area contributed by atoms with Gasteiger partial charge in [-0.3, -0.25) is 4.79 Å². The Morgan fingerprint density at radius 3 is 2.77 bits per heavy atom. The summed E-state index contributed by atoms with van der Waals surface area (Å²) in [4.78, 5) is 31.4. The summed E-state index contributed by atoms with van der Waals surface area (Å²) in [5.74, 6) is -1.63. The van der Waals surface area contributed by atoms with Gasteiger partial charge in [0.05, 0.1) is 0 Å². The fourth-order valence-corrected chi connectivity index (χ4v) is 0.718. The van der Waals surface area contributed by atoms with Crippen molar-refractivity contribution in [3.8, 4) is 0 Å². The Bertz CT molecular complexity index is 245. The van der Waals surface area contributed by atoms with Gasteiger partial charge in [-0.2, -0.15) is 0 Å². The zero-order chi connectivity index (χ0) is 9.84. The van der Waals surface area contributed by atoms with Crippen molar-refractivity contribution in [2.75, 3.05) is 13.2 Å². The fourth-order valence-electron chi connectivity index (χ4n) is 0.718. The molecule has 0 bridgehead atoms. The van der Waals surface area contributed by atoms with E-state index in [-0.39, 0.29) is 13.2 Å². The lowest BCUT2D eigenvalue weighted by Crippen LogP contribution is -2.23. The zero-order valence-corrected chi connectivity index (χ0v) is 6.94. The Morgan fingerprint density at radius 1 is 1.62 bits per heavy atom. The van der Waals surface area contributed by atoms with Crippen molar-refractivity contribution in [2.24, 2.45) is 0 Å². The van der Waals surface area contributed by atoms with Gasteiger partial charge >= 0.3 is 12.1 Å². The largest absolute Gasteiger partial charge is 0.508 e. The number of hydrogen-bond donors (Lipinski definition) is 0. The maximum atomic E-state index is 10.6. The van der Waals surface area contributed by atoms with E-state index in [0.29, 0.717) is 0 Å². The first-order valence-electron chi connectivity index (χ1n) is 3.60. The molecule has 1 heterocycles. The number of hydrogen-bond acceptors (Lipinski definition) is 6. The molecule has 72 valence electrons. The Morgan fingerprint density at radius 2 is 2.31 bits per heavy atom. The third-order valence-corrected chi connectivity index (χ3v) is 1.34. The smallest absolute Gasteiger partial charge is 0.456 e. The molecular formula is C7H8O6. The summed E-state index contributed by atoms with van der Waals surface area (Å²) in [6.07, 6.45) is -1.39. The Hall–Kier alpha value is -1.59. The first kappa shape index (κ1) is 9.50. The highest BCUT2D eigenvalue weighted by atomic mass is 16.8. The van der Waals surface area contributed by atoms with Crippen molar-refractivity contribution >= 4 is 17.9 Å². The van der Waals surface area contributed by atoms with E-state index in [1.807, 2.05) is 0 Å². The molecule has 6 heteroatoms. The van der Waals surface area contributed by atoms with Crippen LogP contribution in [0.25, 0.3) is 0 Å². The molecule has 6 nitrogen and oxygen atoms in total. The summed E-state index contributed by atoms with van der Waals surface area (Å²) >= 11 is 0. The molecule has 1 atom stereocenters. The molecule has 0 spiro atoms. The first-order valence-corrected chi connectivity index (χ1v) is 3.60. The van der Waals surface area contributed by atoms with Crippen molar-refractivity contribution in [3.63, 3.8) is 0 Å². The maximum Gasteiger partial charge on any atom is 0.508 e. The number of ketones is 1. The van der Waals surface area contributed by atoms with Gasteiger partial charge < -0.3 is 14.2 Å². The lowest BCUT2D eigenvalue weighted by Gasteiger charge is -2.05. The third kappa shape index (κ3) is 2.73. The normalized spacial score (nSPS) is 20.4. The Kier molecular flexibility index (Phi) is 2.84. The Balaban J connectivity index is 2.23. The molecule has 0 saturated carbocycles. The van der Waals surface area contributed by atoms with E-state index >= 15 is 0 Å². The second-order valence-electron chi connectivity index (χ2n) is 2.46. The molecule has 0 aliphatic carbocycles. The van der Waals surface area contributed by atoms with Gasteiger partial charge in [0.2, 0.25) is 5.78 Å². The summed E-state index contributed by atoms with van der Waals surface area (Å²) in [6, 6.07) is 0. The van der Waals surface area contributed by atoms with Crippen LogP contribution < -0.4 is 0 Å². The van der Waals surface area contributed by atoms with E-state index in [1.165, 1.54) is 0 Å². The number of ether oxygens (including phenoxy) is 3. The molecule has 1 aliphatic rings. The van der Waals surface area contributed by atoms with Gasteiger partial charge in [0, 0.05) is 6.92 Å². The molecule has 0 amide bonds. The van der Waals surface area contributed by atoms with Crippen molar-refractivity contribution in [1.82, 2.24) is 0 Å². The number of rotatable bonds is 3. The number of Topliss-reactive ketones (excluding diaryl/α,β-unsaturated/α-hetero) is 1. The molecule has 1 saturated heterocycles. The summed E-state index contributed by atoms with van der Waals surface area (Å²) in [5, 5.41) is 0. The second kappa shape index (κ2) is 3.88. The molecule has 0 N–H and O–H groups in total. The second-order valence-corrected chi connectivity index (χ2v) is 2.46. The van der Waals surface area contributed by atoms with Gasteiger partial charge in [0.25, 0.3) is 0 Å². The lowest BCUT2D eigenvalue weighted by molar-refractivity contribution is -0.154. The zero-order valence-electron chi connectivity index (χ0n) is 6.94. The standard InChI is InChI=1S/C7H8O6/c1-4(8)6(9)11-2-5-3-12-7(10)13-5/h5H,2-3H2,1H3. The van der Waals surface area contributed by atoms with Crippen LogP contribution in [0.3, 0.4) is 0 Å². The number of cyclic esters (lactones) is 2. The summed E-state index contributed by atoms with van der Waals surface area (Å²) in [5.41, 5.74) is 0. The topological polar surface area (TPSA) is 78.9 Å². The van der Waals surface area contributed by atoms with Crippen molar-refractivity contribution in [2.45, 2.75) is 13.0 Å². The molecule has 0 aromatic heterocycles. The van der Waals surface area contributed by atoms with Crippen LogP contribution in [0.1, 0.15) is 6.92 Å². The predicted molar refractivity (Wildman–Crippen MR) is 37.9 cm³/mol. The van der Waals surface area contributed by atoms with Crippen LogP contribution >= 0.6 is 0 Å². The summed E-state index contributed by atoms with van der Waals surface area (Å²) in [6.45, 7) is 0.994. The average molecular weight is 188 g/mol. The van der Waals surface area contributed by atoms with E-state index in [1.54, 1.807) is 0 Å². The van der Waals surface area contributed by atoms with Crippen LogP contribution in [-0.4, -0.2) is 37.2 Å². The van der Waals surface area contributed by atoms with Crippen LogP contribution in [0.2, 0.25) is 0 Å². The van der Waals surface area contributed by atoms with Crippen LogP contribution in [0.15, 0.2) is 0 Å². The van der Waals surface area contributed by atoms with Gasteiger partial charge in [0.1, 0.15) is 13.2 Å². The van der Waals surface area contributed by atoms with E-state index in [9.17, 15) is 14.4 Å². The minimum atomic E-state index is -0.942. The Labute approximate surface area is 73.7 Å². The van der Waals surface area contributed by atoms with E-state index in [4.69, 9.17) is 0 Å². The third-order valence-electron chi connectivity index (χ3n) is 1.34. The highest BCUT2D eigenvalue weighted by Gasteiger charge is 2.26. The summed E-state index contributed by atoms with van der Waals surface area (Å²) in [7, 11) is 0. The van der Waals surface area contributed by atoms with Crippen molar-refractivity contribution in [3.05, 3.63) is 0 Å². The molecule has 13 heavy (non-hydrogen) atoms. The molecule has 1 rings (SSSR count). The molecule has 1 fully saturated rings. The van der Waals surface area contributed by atoms with Gasteiger partial charge in [-0.15, -0.1) is 0 Å². The van der Waals surface area contributed by atoms with E-state index in [2.05, 4.69) is 14.2 Å². The maximum absolute atomic E-state index is 10.6. The molecular weight excluding hydrogens is 180 g/mol. The molecule has 0 aromatic carbocycles. The van der Waals surface area contributed by atoms with Gasteiger partial charge in [-0.25, -0.2) is 9.59 Å². The molecule has 0 radical (unpaired) electrons.